The Morgan fingerprint density at radius 1 is 0.967 bits per heavy atom. The third kappa shape index (κ3) is 3.88. The predicted molar refractivity (Wildman–Crippen MR) is 108 cm³/mol. The number of carbonyl (C=O) groups is 1. The molecule has 1 N–H and O–H groups in total. The monoisotopic (exact) mass is 403 g/mol. The summed E-state index contributed by atoms with van der Waals surface area (Å²) in [6.45, 7) is 0.0506. The van der Waals surface area contributed by atoms with Crippen LogP contribution in [0.1, 0.15) is 11.5 Å². The fourth-order valence-corrected chi connectivity index (χ4v) is 3.16. The van der Waals surface area contributed by atoms with Crippen molar-refractivity contribution in [2.45, 2.75) is 6.42 Å². The van der Waals surface area contributed by atoms with Gasteiger partial charge in [0.05, 0.1) is 6.42 Å². The number of aromatic nitrogens is 2. The second kappa shape index (κ2) is 7.75. The molecule has 5 rings (SSSR count). The Labute approximate surface area is 171 Å². The van der Waals surface area contributed by atoms with Gasteiger partial charge in [-0.2, -0.15) is 0 Å². The van der Waals surface area contributed by atoms with Crippen LogP contribution in [0.5, 0.6) is 17.2 Å². The van der Waals surface area contributed by atoms with Crippen LogP contribution in [0.4, 0.5) is 6.01 Å². The highest BCUT2D eigenvalue weighted by molar-refractivity contribution is 5.90. The molecule has 0 spiro atoms. The van der Waals surface area contributed by atoms with Gasteiger partial charge in [-0.15, -0.1) is 5.10 Å². The van der Waals surface area contributed by atoms with Crippen LogP contribution >= 0.6 is 0 Å². The molecular formula is C22H17N3O5. The fourth-order valence-electron chi connectivity index (χ4n) is 3.16. The predicted octanol–water partition coefficient (Wildman–Crippen LogP) is 3.56. The van der Waals surface area contributed by atoms with Gasteiger partial charge >= 0.3 is 6.01 Å². The molecule has 0 aliphatic carbocycles. The van der Waals surface area contributed by atoms with Gasteiger partial charge < -0.3 is 18.6 Å². The van der Waals surface area contributed by atoms with Crippen molar-refractivity contribution in [1.82, 2.24) is 10.2 Å². The van der Waals surface area contributed by atoms with Crippen LogP contribution in [-0.4, -0.2) is 29.5 Å². The minimum Gasteiger partial charge on any atom is -0.484 e. The van der Waals surface area contributed by atoms with E-state index >= 15 is 0 Å². The second-order valence-corrected chi connectivity index (χ2v) is 6.71. The third-order valence-electron chi connectivity index (χ3n) is 4.60. The van der Waals surface area contributed by atoms with Gasteiger partial charge in [0.25, 0.3) is 5.91 Å². The van der Waals surface area contributed by atoms with Crippen LogP contribution in [0, 0.1) is 0 Å². The number of carbonyl (C=O) groups excluding carboxylic acids is 1. The molecule has 1 aliphatic rings. The first-order chi connectivity index (χ1) is 14.7. The van der Waals surface area contributed by atoms with Crippen LogP contribution in [0.2, 0.25) is 0 Å². The lowest BCUT2D eigenvalue weighted by Crippen LogP contribution is -2.20. The van der Waals surface area contributed by atoms with E-state index in [2.05, 4.69) is 15.5 Å². The highest BCUT2D eigenvalue weighted by Crippen LogP contribution is 2.33. The summed E-state index contributed by atoms with van der Waals surface area (Å²) in [5.74, 6) is 1.99. The number of nitrogens with zero attached hydrogens (tertiary/aromatic N) is 2. The summed E-state index contributed by atoms with van der Waals surface area (Å²) < 4.78 is 21.7. The van der Waals surface area contributed by atoms with E-state index in [1.54, 1.807) is 0 Å². The number of benzene rings is 3. The zero-order valence-corrected chi connectivity index (χ0v) is 15.8. The molecule has 1 aliphatic heterocycles. The van der Waals surface area contributed by atoms with Crippen LogP contribution in [-0.2, 0) is 11.2 Å². The minimum absolute atomic E-state index is 0.0258. The molecule has 0 bridgehead atoms. The number of amides is 1. The topological polar surface area (TPSA) is 95.7 Å². The Hall–Kier alpha value is -4.07. The van der Waals surface area contributed by atoms with E-state index in [4.69, 9.17) is 18.6 Å². The summed E-state index contributed by atoms with van der Waals surface area (Å²) in [5.41, 5.74) is 0.931. The maximum absolute atomic E-state index is 12.2. The maximum Gasteiger partial charge on any atom is 0.322 e. The molecule has 3 aromatic carbocycles. The van der Waals surface area contributed by atoms with Gasteiger partial charge in [-0.25, -0.2) is 0 Å². The van der Waals surface area contributed by atoms with Gasteiger partial charge in [-0.1, -0.05) is 41.5 Å². The molecular weight excluding hydrogens is 386 g/mol. The standard InChI is InChI=1S/C22H17N3O5/c26-20(12-27-17-7-6-15-3-1-2-4-16(15)11-17)23-22-25-24-21(30-22)10-14-5-8-18-19(9-14)29-13-28-18/h1-9,11H,10,12-13H2,(H,23,25,26). The quantitative estimate of drug-likeness (QED) is 0.526. The lowest BCUT2D eigenvalue weighted by atomic mass is 10.1. The molecule has 2 heterocycles. The summed E-state index contributed by atoms with van der Waals surface area (Å²) >= 11 is 0. The third-order valence-corrected chi connectivity index (χ3v) is 4.60. The van der Waals surface area contributed by atoms with Crippen LogP contribution in [0.3, 0.4) is 0 Å². The Morgan fingerprint density at radius 2 is 1.83 bits per heavy atom. The highest BCUT2D eigenvalue weighted by Gasteiger charge is 2.15. The molecule has 0 saturated carbocycles. The summed E-state index contributed by atoms with van der Waals surface area (Å²) in [6, 6.07) is 19.2. The summed E-state index contributed by atoms with van der Waals surface area (Å²) in [7, 11) is 0. The molecule has 1 aromatic heterocycles. The van der Waals surface area contributed by atoms with Crippen molar-refractivity contribution < 1.29 is 23.4 Å². The van der Waals surface area contributed by atoms with E-state index in [1.807, 2.05) is 60.7 Å². The number of hydrogen-bond acceptors (Lipinski definition) is 7. The Kier molecular flexibility index (Phi) is 4.65. The summed E-state index contributed by atoms with van der Waals surface area (Å²) in [5, 5.41) is 12.5. The van der Waals surface area contributed by atoms with Crippen molar-refractivity contribution in [3.63, 3.8) is 0 Å². The van der Waals surface area contributed by atoms with E-state index < -0.39 is 0 Å². The minimum atomic E-state index is -0.388. The lowest BCUT2D eigenvalue weighted by molar-refractivity contribution is -0.118. The molecule has 0 fully saturated rings. The number of ether oxygens (including phenoxy) is 3. The molecule has 4 aromatic rings. The molecule has 0 saturated heterocycles. The first kappa shape index (κ1) is 18.0. The lowest BCUT2D eigenvalue weighted by Gasteiger charge is -2.06. The smallest absolute Gasteiger partial charge is 0.322 e. The van der Waals surface area contributed by atoms with E-state index in [0.717, 1.165) is 16.3 Å². The molecule has 0 atom stereocenters. The molecule has 30 heavy (non-hydrogen) atoms. The highest BCUT2D eigenvalue weighted by atomic mass is 16.7. The summed E-state index contributed by atoms with van der Waals surface area (Å²) in [6.07, 6.45) is 0.410. The molecule has 8 heteroatoms. The SMILES string of the molecule is O=C(COc1ccc2ccccc2c1)Nc1nnc(Cc2ccc3c(c2)OCO3)o1. The van der Waals surface area contributed by atoms with E-state index in [0.29, 0.717) is 29.6 Å². The van der Waals surface area contributed by atoms with E-state index in [-0.39, 0.29) is 25.3 Å². The van der Waals surface area contributed by atoms with Crippen molar-refractivity contribution in [2.75, 3.05) is 18.7 Å². The number of hydrogen-bond donors (Lipinski definition) is 1. The van der Waals surface area contributed by atoms with Crippen LogP contribution in [0.25, 0.3) is 10.8 Å². The number of rotatable bonds is 6. The Balaban J connectivity index is 1.17. The van der Waals surface area contributed by atoms with Crippen molar-refractivity contribution >= 4 is 22.7 Å². The second-order valence-electron chi connectivity index (χ2n) is 6.71. The largest absolute Gasteiger partial charge is 0.484 e. The van der Waals surface area contributed by atoms with Crippen LogP contribution in [0.15, 0.2) is 65.1 Å². The van der Waals surface area contributed by atoms with Crippen molar-refractivity contribution in [3.05, 3.63) is 72.1 Å². The normalized spacial score (nSPS) is 12.1. The van der Waals surface area contributed by atoms with Gasteiger partial charge in [0.1, 0.15) is 5.75 Å². The van der Waals surface area contributed by atoms with Gasteiger partial charge in [-0.3, -0.25) is 10.1 Å². The number of fused-ring (bicyclic) bond motifs is 2. The number of anilines is 1. The molecule has 0 radical (unpaired) electrons. The average molecular weight is 403 g/mol. The molecule has 0 unspecified atom stereocenters. The van der Waals surface area contributed by atoms with Gasteiger partial charge in [0.15, 0.2) is 18.1 Å². The maximum atomic E-state index is 12.2. The van der Waals surface area contributed by atoms with Crippen molar-refractivity contribution in [1.29, 1.82) is 0 Å². The Morgan fingerprint density at radius 3 is 2.77 bits per heavy atom. The molecule has 8 nitrogen and oxygen atoms in total. The van der Waals surface area contributed by atoms with Crippen molar-refractivity contribution in [2.24, 2.45) is 0 Å². The van der Waals surface area contributed by atoms with Crippen LogP contribution < -0.4 is 19.5 Å². The fraction of sp³-hybridized carbons (Fsp3) is 0.136. The van der Waals surface area contributed by atoms with Gasteiger partial charge in [0.2, 0.25) is 12.7 Å². The van der Waals surface area contributed by atoms with Gasteiger partial charge in [0, 0.05) is 0 Å². The first-order valence-corrected chi connectivity index (χ1v) is 9.35. The van der Waals surface area contributed by atoms with E-state index in [1.165, 1.54) is 0 Å². The zero-order valence-electron chi connectivity index (χ0n) is 15.8. The first-order valence-electron chi connectivity index (χ1n) is 9.35. The number of nitrogens with one attached hydrogen (secondary N) is 1. The average Bonchev–Trinajstić information content (AvgIpc) is 3.41. The summed E-state index contributed by atoms with van der Waals surface area (Å²) in [4.78, 5) is 12.2. The molecule has 150 valence electrons. The van der Waals surface area contributed by atoms with Crippen molar-refractivity contribution in [3.8, 4) is 17.2 Å². The van der Waals surface area contributed by atoms with E-state index in [9.17, 15) is 4.79 Å². The zero-order chi connectivity index (χ0) is 20.3. The van der Waals surface area contributed by atoms with Gasteiger partial charge in [-0.05, 0) is 40.6 Å². The Bertz CT molecular complexity index is 1220. The molecule has 1 amide bonds.